The molecule has 0 saturated carbocycles. The van der Waals surface area contributed by atoms with Gasteiger partial charge in [-0.05, 0) is 41.8 Å². The molecule has 2 aromatic rings. The quantitative estimate of drug-likeness (QED) is 0.799. The van der Waals surface area contributed by atoms with Gasteiger partial charge in [0.2, 0.25) is 16.8 Å². The fourth-order valence-corrected chi connectivity index (χ4v) is 4.89. The van der Waals surface area contributed by atoms with Crippen molar-refractivity contribution in [3.05, 3.63) is 41.5 Å². The zero-order valence-electron chi connectivity index (χ0n) is 13.9. The van der Waals surface area contributed by atoms with Crippen molar-refractivity contribution >= 4 is 10.0 Å². The van der Waals surface area contributed by atoms with E-state index in [2.05, 4.69) is 0 Å². The van der Waals surface area contributed by atoms with Gasteiger partial charge in [-0.25, -0.2) is 8.42 Å². The fraction of sp³-hybridized carbons (Fsp3) is 0.333. The van der Waals surface area contributed by atoms with Gasteiger partial charge in [0.05, 0.1) is 4.90 Å². The minimum absolute atomic E-state index is 0.114. The molecule has 7 nitrogen and oxygen atoms in total. The van der Waals surface area contributed by atoms with Crippen molar-refractivity contribution in [2.24, 2.45) is 0 Å². The van der Waals surface area contributed by atoms with Crippen LogP contribution in [0.5, 0.6) is 23.0 Å². The van der Waals surface area contributed by atoms with E-state index in [1.165, 1.54) is 10.4 Å². The third-order valence-corrected chi connectivity index (χ3v) is 6.66. The van der Waals surface area contributed by atoms with E-state index >= 15 is 0 Å². The lowest BCUT2D eigenvalue weighted by atomic mass is 10.00. The van der Waals surface area contributed by atoms with E-state index in [1.54, 1.807) is 12.1 Å². The molecule has 0 fully saturated rings. The molecule has 5 rings (SSSR count). The summed E-state index contributed by atoms with van der Waals surface area (Å²) in [5, 5.41) is 0. The number of rotatable bonds is 2. The van der Waals surface area contributed by atoms with E-state index in [9.17, 15) is 8.42 Å². The Morgan fingerprint density at radius 1 is 0.808 bits per heavy atom. The summed E-state index contributed by atoms with van der Waals surface area (Å²) in [6.45, 7) is 1.89. The fourth-order valence-electron chi connectivity index (χ4n) is 3.46. The largest absolute Gasteiger partial charge is 0.486 e. The van der Waals surface area contributed by atoms with Gasteiger partial charge in [-0.3, -0.25) is 0 Å². The van der Waals surface area contributed by atoms with Crippen LogP contribution in [0.2, 0.25) is 0 Å². The lowest BCUT2D eigenvalue weighted by Crippen LogP contribution is -2.36. The van der Waals surface area contributed by atoms with Gasteiger partial charge in [0, 0.05) is 19.2 Å². The zero-order valence-corrected chi connectivity index (χ0v) is 14.8. The summed E-state index contributed by atoms with van der Waals surface area (Å²) >= 11 is 0. The molecule has 0 aliphatic carbocycles. The van der Waals surface area contributed by atoms with Gasteiger partial charge in [-0.15, -0.1) is 0 Å². The highest BCUT2D eigenvalue weighted by atomic mass is 32.2. The van der Waals surface area contributed by atoms with Crippen molar-refractivity contribution in [3.8, 4) is 23.0 Å². The van der Waals surface area contributed by atoms with Crippen LogP contribution in [-0.4, -0.2) is 39.3 Å². The number of ether oxygens (including phenoxy) is 4. The highest BCUT2D eigenvalue weighted by Gasteiger charge is 2.31. The van der Waals surface area contributed by atoms with Crippen LogP contribution in [0.15, 0.2) is 35.2 Å². The van der Waals surface area contributed by atoms with Crippen LogP contribution in [-0.2, 0) is 23.0 Å². The van der Waals surface area contributed by atoms with E-state index in [4.69, 9.17) is 18.9 Å². The number of fused-ring (bicyclic) bond motifs is 3. The molecule has 8 heteroatoms. The van der Waals surface area contributed by atoms with E-state index in [1.807, 2.05) is 12.1 Å². The topological polar surface area (TPSA) is 74.3 Å². The normalized spacial score (nSPS) is 18.5. The number of benzene rings is 2. The average Bonchev–Trinajstić information content (AvgIpc) is 3.13. The molecule has 0 N–H and O–H groups in total. The lowest BCUT2D eigenvalue weighted by molar-refractivity contribution is 0.171. The monoisotopic (exact) mass is 375 g/mol. The molecule has 0 saturated heterocycles. The highest BCUT2D eigenvalue weighted by molar-refractivity contribution is 7.89. The number of nitrogens with zero attached hydrogens (tertiary/aromatic N) is 1. The van der Waals surface area contributed by atoms with Crippen LogP contribution >= 0.6 is 0 Å². The first-order chi connectivity index (χ1) is 12.6. The standard InChI is InChI=1S/C18H17NO6S/c20-26(21,14-1-2-15-18(9-14)25-11-24-15)19-4-3-12-7-16-17(8-13(12)10-19)23-6-5-22-16/h1-2,7-9H,3-6,10-11H2. The summed E-state index contributed by atoms with van der Waals surface area (Å²) in [5.41, 5.74) is 2.05. The van der Waals surface area contributed by atoms with Crippen molar-refractivity contribution in [1.82, 2.24) is 4.31 Å². The molecule has 0 radical (unpaired) electrons. The van der Waals surface area contributed by atoms with E-state index < -0.39 is 10.0 Å². The first kappa shape index (κ1) is 15.8. The van der Waals surface area contributed by atoms with Crippen molar-refractivity contribution in [2.45, 2.75) is 17.9 Å². The van der Waals surface area contributed by atoms with E-state index in [0.717, 1.165) is 16.9 Å². The summed E-state index contributed by atoms with van der Waals surface area (Å²) < 4.78 is 49.4. The number of hydrogen-bond acceptors (Lipinski definition) is 6. The van der Waals surface area contributed by atoms with Gasteiger partial charge in [0.15, 0.2) is 23.0 Å². The molecule has 3 aliphatic rings. The Morgan fingerprint density at radius 2 is 1.50 bits per heavy atom. The van der Waals surface area contributed by atoms with Gasteiger partial charge in [-0.1, -0.05) is 0 Å². The van der Waals surface area contributed by atoms with Gasteiger partial charge in [-0.2, -0.15) is 4.31 Å². The number of hydrogen-bond donors (Lipinski definition) is 0. The maximum absolute atomic E-state index is 13.1. The maximum atomic E-state index is 13.1. The third-order valence-electron chi connectivity index (χ3n) is 4.82. The predicted octanol–water partition coefficient (Wildman–Crippen LogP) is 1.93. The highest BCUT2D eigenvalue weighted by Crippen LogP contribution is 2.38. The maximum Gasteiger partial charge on any atom is 0.243 e. The summed E-state index contributed by atoms with van der Waals surface area (Å²) in [6.07, 6.45) is 0.635. The SMILES string of the molecule is O=S(=O)(c1ccc2c(c1)OCO2)N1CCc2cc3c(cc2C1)OCCO3. The second kappa shape index (κ2) is 5.78. The van der Waals surface area contributed by atoms with E-state index in [-0.39, 0.29) is 11.7 Å². The summed E-state index contributed by atoms with van der Waals surface area (Å²) in [6, 6.07) is 8.58. The molecule has 0 amide bonds. The minimum atomic E-state index is -3.62. The molecule has 26 heavy (non-hydrogen) atoms. The molecule has 136 valence electrons. The lowest BCUT2D eigenvalue weighted by Gasteiger charge is -2.30. The summed E-state index contributed by atoms with van der Waals surface area (Å²) in [7, 11) is -3.62. The van der Waals surface area contributed by atoms with Crippen molar-refractivity contribution in [2.75, 3.05) is 26.6 Å². The molecule has 2 aromatic carbocycles. The van der Waals surface area contributed by atoms with Crippen LogP contribution in [0.4, 0.5) is 0 Å². The Labute approximate surface area is 151 Å². The van der Waals surface area contributed by atoms with Gasteiger partial charge in [0.1, 0.15) is 13.2 Å². The first-order valence-corrected chi connectivity index (χ1v) is 9.86. The molecule has 0 atom stereocenters. The van der Waals surface area contributed by atoms with Crippen LogP contribution in [0, 0.1) is 0 Å². The third kappa shape index (κ3) is 2.48. The van der Waals surface area contributed by atoms with Gasteiger partial charge in [0.25, 0.3) is 0 Å². The van der Waals surface area contributed by atoms with Crippen molar-refractivity contribution < 1.29 is 27.4 Å². The minimum Gasteiger partial charge on any atom is -0.486 e. The Hall–Kier alpha value is -2.45. The molecule has 3 heterocycles. The zero-order chi connectivity index (χ0) is 17.7. The number of sulfonamides is 1. The van der Waals surface area contributed by atoms with Crippen LogP contribution < -0.4 is 18.9 Å². The first-order valence-electron chi connectivity index (χ1n) is 8.42. The predicted molar refractivity (Wildman–Crippen MR) is 91.3 cm³/mol. The van der Waals surface area contributed by atoms with Gasteiger partial charge < -0.3 is 18.9 Å². The van der Waals surface area contributed by atoms with Crippen LogP contribution in [0.3, 0.4) is 0 Å². The Balaban J connectivity index is 1.46. The molecule has 0 unspecified atom stereocenters. The van der Waals surface area contributed by atoms with Crippen molar-refractivity contribution in [1.29, 1.82) is 0 Å². The van der Waals surface area contributed by atoms with Gasteiger partial charge >= 0.3 is 0 Å². The second-order valence-electron chi connectivity index (χ2n) is 6.37. The molecule has 0 spiro atoms. The molecule has 3 aliphatic heterocycles. The Bertz CT molecular complexity index is 987. The smallest absolute Gasteiger partial charge is 0.243 e. The molecular weight excluding hydrogens is 358 g/mol. The molecule has 0 bridgehead atoms. The molecule has 0 aromatic heterocycles. The Kier molecular flexibility index (Phi) is 3.51. The summed E-state index contributed by atoms with van der Waals surface area (Å²) in [4.78, 5) is 0.211. The van der Waals surface area contributed by atoms with E-state index in [0.29, 0.717) is 50.0 Å². The Morgan fingerprint density at radius 3 is 2.31 bits per heavy atom. The summed E-state index contributed by atoms with van der Waals surface area (Å²) in [5.74, 6) is 2.44. The van der Waals surface area contributed by atoms with Crippen molar-refractivity contribution in [3.63, 3.8) is 0 Å². The average molecular weight is 375 g/mol. The molecular formula is C18H17NO6S. The van der Waals surface area contributed by atoms with Crippen LogP contribution in [0.25, 0.3) is 0 Å². The van der Waals surface area contributed by atoms with Crippen LogP contribution in [0.1, 0.15) is 11.1 Å². The second-order valence-corrected chi connectivity index (χ2v) is 8.31.